The van der Waals surface area contributed by atoms with E-state index in [2.05, 4.69) is 4.90 Å². The van der Waals surface area contributed by atoms with Gasteiger partial charge in [-0.15, -0.1) is 0 Å². The van der Waals surface area contributed by atoms with Crippen LogP contribution in [-0.2, 0) is 4.74 Å². The van der Waals surface area contributed by atoms with E-state index >= 15 is 0 Å². The summed E-state index contributed by atoms with van der Waals surface area (Å²) < 4.78 is 5.37. The van der Waals surface area contributed by atoms with Crippen molar-refractivity contribution in [2.45, 2.75) is 32.2 Å². The Morgan fingerprint density at radius 3 is 2.67 bits per heavy atom. The predicted octanol–water partition coefficient (Wildman–Crippen LogP) is 2.45. The van der Waals surface area contributed by atoms with Crippen molar-refractivity contribution in [3.8, 4) is 0 Å². The second kappa shape index (κ2) is 7.17. The van der Waals surface area contributed by atoms with Crippen LogP contribution in [0.3, 0.4) is 0 Å². The van der Waals surface area contributed by atoms with Crippen molar-refractivity contribution in [3.63, 3.8) is 0 Å². The molecule has 0 aliphatic carbocycles. The average molecular weight is 333 g/mol. The number of carbonyl (C=O) groups excluding carboxylic acids is 1. The molecule has 0 saturated carbocycles. The molecule has 0 N–H and O–H groups in total. The van der Waals surface area contributed by atoms with Gasteiger partial charge >= 0.3 is 0 Å². The van der Waals surface area contributed by atoms with Crippen LogP contribution in [0, 0.1) is 10.1 Å². The lowest BCUT2D eigenvalue weighted by Gasteiger charge is -2.35. The van der Waals surface area contributed by atoms with Crippen molar-refractivity contribution in [3.05, 3.63) is 33.9 Å². The SMILES string of the molecule is CC1CCCCN1C(=O)c1cc([N+](=O)[O-])ccc1N1CCOCC1. The fraction of sp³-hybridized carbons (Fsp3) is 0.588. The topological polar surface area (TPSA) is 75.9 Å². The molecular weight excluding hydrogens is 310 g/mol. The second-order valence-electron chi connectivity index (χ2n) is 6.40. The summed E-state index contributed by atoms with van der Waals surface area (Å²) in [6, 6.07) is 4.77. The molecule has 130 valence electrons. The molecule has 1 amide bonds. The van der Waals surface area contributed by atoms with Crippen molar-refractivity contribution >= 4 is 17.3 Å². The molecule has 0 bridgehead atoms. The molecule has 0 spiro atoms. The van der Waals surface area contributed by atoms with Gasteiger partial charge in [0.25, 0.3) is 11.6 Å². The van der Waals surface area contributed by atoms with Gasteiger partial charge in [0.15, 0.2) is 0 Å². The highest BCUT2D eigenvalue weighted by Crippen LogP contribution is 2.29. The molecule has 24 heavy (non-hydrogen) atoms. The molecule has 3 rings (SSSR count). The lowest BCUT2D eigenvalue weighted by atomic mass is 10.0. The van der Waals surface area contributed by atoms with Gasteiger partial charge in [-0.05, 0) is 32.3 Å². The molecule has 2 aliphatic rings. The van der Waals surface area contributed by atoms with Gasteiger partial charge in [0.05, 0.1) is 29.4 Å². The van der Waals surface area contributed by atoms with Gasteiger partial charge in [-0.2, -0.15) is 0 Å². The summed E-state index contributed by atoms with van der Waals surface area (Å²) in [7, 11) is 0. The minimum absolute atomic E-state index is 0.0416. The Balaban J connectivity index is 1.97. The Morgan fingerprint density at radius 1 is 1.25 bits per heavy atom. The quantitative estimate of drug-likeness (QED) is 0.627. The summed E-state index contributed by atoms with van der Waals surface area (Å²) in [5, 5.41) is 11.2. The van der Waals surface area contributed by atoms with Crippen LogP contribution >= 0.6 is 0 Å². The highest BCUT2D eigenvalue weighted by atomic mass is 16.6. The van der Waals surface area contributed by atoms with Gasteiger partial charge in [-0.3, -0.25) is 14.9 Å². The maximum Gasteiger partial charge on any atom is 0.270 e. The van der Waals surface area contributed by atoms with Gasteiger partial charge in [0.1, 0.15) is 0 Å². The molecule has 7 nitrogen and oxygen atoms in total. The number of hydrogen-bond acceptors (Lipinski definition) is 5. The first-order chi connectivity index (χ1) is 11.6. The van der Waals surface area contributed by atoms with Crippen LogP contribution in [0.4, 0.5) is 11.4 Å². The standard InChI is InChI=1S/C17H23N3O4/c1-13-4-2-3-7-19(13)17(21)15-12-14(20(22)23)5-6-16(15)18-8-10-24-11-9-18/h5-6,12-13H,2-4,7-11H2,1H3. The van der Waals surface area contributed by atoms with E-state index in [1.165, 1.54) is 12.1 Å². The number of nitrogens with zero attached hydrogens (tertiary/aromatic N) is 3. The number of benzene rings is 1. The Morgan fingerprint density at radius 2 is 2.00 bits per heavy atom. The number of nitro groups is 1. The summed E-state index contributed by atoms with van der Waals surface area (Å²) in [6.07, 6.45) is 3.08. The Bertz CT molecular complexity index is 628. The van der Waals surface area contributed by atoms with E-state index in [4.69, 9.17) is 4.74 Å². The molecule has 1 aromatic carbocycles. The first-order valence-corrected chi connectivity index (χ1v) is 8.50. The number of likely N-dealkylation sites (tertiary alicyclic amines) is 1. The number of piperidine rings is 1. The number of hydrogen-bond donors (Lipinski definition) is 0. The number of non-ortho nitro benzene ring substituents is 1. The predicted molar refractivity (Wildman–Crippen MR) is 90.5 cm³/mol. The zero-order valence-electron chi connectivity index (χ0n) is 13.9. The molecule has 7 heteroatoms. The molecule has 1 atom stereocenters. The lowest BCUT2D eigenvalue weighted by molar-refractivity contribution is -0.384. The van der Waals surface area contributed by atoms with Crippen LogP contribution < -0.4 is 4.90 Å². The first kappa shape index (κ1) is 16.7. The molecule has 0 aromatic heterocycles. The zero-order chi connectivity index (χ0) is 17.1. The normalized spacial score (nSPS) is 21.6. The van der Waals surface area contributed by atoms with Crippen LogP contribution in [0.15, 0.2) is 18.2 Å². The Kier molecular flexibility index (Phi) is 4.99. The van der Waals surface area contributed by atoms with E-state index in [0.717, 1.165) is 24.9 Å². The number of nitro benzene ring substituents is 1. The number of rotatable bonds is 3. The summed E-state index contributed by atoms with van der Waals surface area (Å²) >= 11 is 0. The molecule has 2 aliphatic heterocycles. The van der Waals surface area contributed by atoms with E-state index < -0.39 is 4.92 Å². The monoisotopic (exact) mass is 333 g/mol. The maximum atomic E-state index is 13.1. The zero-order valence-corrected chi connectivity index (χ0v) is 13.9. The highest BCUT2D eigenvalue weighted by molar-refractivity contribution is 6.00. The van der Waals surface area contributed by atoms with Crippen molar-refractivity contribution < 1.29 is 14.5 Å². The average Bonchev–Trinajstić information content (AvgIpc) is 2.62. The van der Waals surface area contributed by atoms with Crippen molar-refractivity contribution in [2.75, 3.05) is 37.7 Å². The lowest BCUT2D eigenvalue weighted by Crippen LogP contribution is -2.43. The van der Waals surface area contributed by atoms with Gasteiger partial charge in [0, 0.05) is 37.8 Å². The van der Waals surface area contributed by atoms with Gasteiger partial charge in [-0.25, -0.2) is 0 Å². The van der Waals surface area contributed by atoms with Crippen LogP contribution in [0.1, 0.15) is 36.5 Å². The minimum Gasteiger partial charge on any atom is -0.378 e. The first-order valence-electron chi connectivity index (χ1n) is 8.50. The van der Waals surface area contributed by atoms with Crippen LogP contribution in [0.2, 0.25) is 0 Å². The minimum atomic E-state index is -0.445. The summed E-state index contributed by atoms with van der Waals surface area (Å²) in [4.78, 5) is 27.7. The number of ether oxygens (including phenoxy) is 1. The number of carbonyl (C=O) groups is 1. The fourth-order valence-corrected chi connectivity index (χ4v) is 3.44. The Labute approximate surface area is 141 Å². The third-order valence-electron chi connectivity index (χ3n) is 4.84. The Hall–Kier alpha value is -2.15. The van der Waals surface area contributed by atoms with Crippen LogP contribution in [0.5, 0.6) is 0 Å². The third kappa shape index (κ3) is 3.36. The van der Waals surface area contributed by atoms with Gasteiger partial charge < -0.3 is 14.5 Å². The smallest absolute Gasteiger partial charge is 0.270 e. The summed E-state index contributed by atoms with van der Waals surface area (Å²) in [5.41, 5.74) is 1.16. The molecule has 2 heterocycles. The second-order valence-corrected chi connectivity index (χ2v) is 6.40. The molecule has 1 unspecified atom stereocenters. The molecule has 1 aromatic rings. The molecule has 2 saturated heterocycles. The van der Waals surface area contributed by atoms with Crippen LogP contribution in [-0.4, -0.2) is 54.6 Å². The van der Waals surface area contributed by atoms with Gasteiger partial charge in [0.2, 0.25) is 0 Å². The third-order valence-corrected chi connectivity index (χ3v) is 4.84. The molecule has 0 radical (unpaired) electrons. The van der Waals surface area contributed by atoms with E-state index in [1.807, 2.05) is 11.8 Å². The van der Waals surface area contributed by atoms with Crippen molar-refractivity contribution in [2.24, 2.45) is 0 Å². The molecule has 2 fully saturated rings. The molecular formula is C17H23N3O4. The highest BCUT2D eigenvalue weighted by Gasteiger charge is 2.29. The van der Waals surface area contributed by atoms with E-state index in [1.54, 1.807) is 6.07 Å². The van der Waals surface area contributed by atoms with Gasteiger partial charge in [-0.1, -0.05) is 0 Å². The van der Waals surface area contributed by atoms with E-state index in [-0.39, 0.29) is 17.6 Å². The van der Waals surface area contributed by atoms with E-state index in [0.29, 0.717) is 38.4 Å². The largest absolute Gasteiger partial charge is 0.378 e. The fourth-order valence-electron chi connectivity index (χ4n) is 3.44. The van der Waals surface area contributed by atoms with Crippen molar-refractivity contribution in [1.82, 2.24) is 4.90 Å². The summed E-state index contributed by atoms with van der Waals surface area (Å²) in [6.45, 7) is 5.34. The summed E-state index contributed by atoms with van der Waals surface area (Å²) in [5.74, 6) is -0.104. The van der Waals surface area contributed by atoms with Crippen LogP contribution in [0.25, 0.3) is 0 Å². The number of amides is 1. The van der Waals surface area contributed by atoms with E-state index in [9.17, 15) is 14.9 Å². The number of anilines is 1. The number of morpholine rings is 1. The maximum absolute atomic E-state index is 13.1. The van der Waals surface area contributed by atoms with Crippen molar-refractivity contribution in [1.29, 1.82) is 0 Å².